The summed E-state index contributed by atoms with van der Waals surface area (Å²) >= 11 is 0. The van der Waals surface area contributed by atoms with Crippen LogP contribution in [0.1, 0.15) is 10.5 Å². The van der Waals surface area contributed by atoms with E-state index in [0.29, 0.717) is 13.2 Å². The predicted octanol–water partition coefficient (Wildman–Crippen LogP) is 0.868. The van der Waals surface area contributed by atoms with E-state index in [1.54, 1.807) is 0 Å². The average Bonchev–Trinajstić information content (AvgIpc) is 2.44. The molecule has 0 radical (unpaired) electrons. The number of ether oxygens (including phenoxy) is 1. The second kappa shape index (κ2) is 6.34. The topological polar surface area (TPSA) is 90.1 Å². The van der Waals surface area contributed by atoms with Crippen molar-refractivity contribution in [2.24, 2.45) is 0 Å². The molecular formula is C13H14N4O2. The molecule has 0 atom stereocenters. The molecule has 19 heavy (non-hydrogen) atoms. The number of carbonyl (C=O) groups excluding carboxylic acids is 1. The number of rotatable bonds is 5. The summed E-state index contributed by atoms with van der Waals surface area (Å²) in [5.74, 6) is 0.658. The number of hydrogen-bond donors (Lipinski definition) is 2. The Balaban J connectivity index is 1.75. The average molecular weight is 258 g/mol. The van der Waals surface area contributed by atoms with Crippen LogP contribution in [0.3, 0.4) is 0 Å². The Kier molecular flexibility index (Phi) is 4.28. The summed E-state index contributed by atoms with van der Waals surface area (Å²) < 4.78 is 5.44. The lowest BCUT2D eigenvalue weighted by Crippen LogP contribution is -2.29. The van der Waals surface area contributed by atoms with Crippen molar-refractivity contribution in [2.45, 2.75) is 0 Å². The first-order valence-corrected chi connectivity index (χ1v) is 5.79. The van der Waals surface area contributed by atoms with E-state index in [2.05, 4.69) is 15.3 Å². The van der Waals surface area contributed by atoms with E-state index in [-0.39, 0.29) is 17.4 Å². The number of carbonyl (C=O) groups is 1. The third-order valence-electron chi connectivity index (χ3n) is 2.29. The number of para-hydroxylation sites is 1. The highest BCUT2D eigenvalue weighted by Gasteiger charge is 2.07. The Bertz CT molecular complexity index is 545. The minimum Gasteiger partial charge on any atom is -0.492 e. The quantitative estimate of drug-likeness (QED) is 0.776. The van der Waals surface area contributed by atoms with Gasteiger partial charge in [0.25, 0.3) is 5.91 Å². The third-order valence-corrected chi connectivity index (χ3v) is 2.29. The fourth-order valence-electron chi connectivity index (χ4n) is 1.43. The number of anilines is 1. The normalized spacial score (nSPS) is 9.89. The van der Waals surface area contributed by atoms with Gasteiger partial charge in [-0.2, -0.15) is 0 Å². The van der Waals surface area contributed by atoms with Crippen LogP contribution in [-0.4, -0.2) is 29.0 Å². The second-order valence-electron chi connectivity index (χ2n) is 3.75. The molecule has 6 nitrogen and oxygen atoms in total. The van der Waals surface area contributed by atoms with Gasteiger partial charge in [0.05, 0.1) is 18.9 Å². The van der Waals surface area contributed by atoms with Gasteiger partial charge in [0.1, 0.15) is 23.9 Å². The standard InChI is InChI=1S/C13H14N4O2/c14-12-9-15-8-11(17-12)13(18)16-6-7-19-10-4-2-1-3-5-10/h1-5,8-9H,6-7H2,(H2,14,17)(H,16,18). The molecule has 1 amide bonds. The van der Waals surface area contributed by atoms with E-state index in [1.165, 1.54) is 12.4 Å². The molecule has 2 rings (SSSR count). The molecule has 0 aliphatic heterocycles. The molecule has 0 aliphatic carbocycles. The summed E-state index contributed by atoms with van der Waals surface area (Å²) in [6.07, 6.45) is 2.75. The number of nitrogens with two attached hydrogens (primary N) is 1. The lowest BCUT2D eigenvalue weighted by Gasteiger charge is -2.07. The van der Waals surface area contributed by atoms with Crippen LogP contribution in [0.4, 0.5) is 5.82 Å². The van der Waals surface area contributed by atoms with E-state index in [9.17, 15) is 4.79 Å². The van der Waals surface area contributed by atoms with Gasteiger partial charge in [0, 0.05) is 0 Å². The Morgan fingerprint density at radius 1 is 1.26 bits per heavy atom. The van der Waals surface area contributed by atoms with Crippen molar-refractivity contribution in [3.05, 3.63) is 48.4 Å². The van der Waals surface area contributed by atoms with Gasteiger partial charge < -0.3 is 15.8 Å². The highest BCUT2D eigenvalue weighted by molar-refractivity contribution is 5.92. The van der Waals surface area contributed by atoms with Crippen molar-refractivity contribution in [3.63, 3.8) is 0 Å². The maximum absolute atomic E-state index is 11.7. The van der Waals surface area contributed by atoms with Gasteiger partial charge in [-0.3, -0.25) is 9.78 Å². The summed E-state index contributed by atoms with van der Waals surface area (Å²) in [6, 6.07) is 9.38. The molecule has 1 aromatic carbocycles. The molecule has 1 aromatic heterocycles. The molecule has 3 N–H and O–H groups in total. The van der Waals surface area contributed by atoms with E-state index in [4.69, 9.17) is 10.5 Å². The van der Waals surface area contributed by atoms with Gasteiger partial charge in [-0.05, 0) is 12.1 Å². The highest BCUT2D eigenvalue weighted by atomic mass is 16.5. The minimum absolute atomic E-state index is 0.194. The molecule has 0 spiro atoms. The smallest absolute Gasteiger partial charge is 0.271 e. The zero-order chi connectivity index (χ0) is 13.5. The maximum atomic E-state index is 11.7. The van der Waals surface area contributed by atoms with Crippen LogP contribution in [0.2, 0.25) is 0 Å². The SMILES string of the molecule is Nc1cncc(C(=O)NCCOc2ccccc2)n1. The maximum Gasteiger partial charge on any atom is 0.271 e. The molecule has 98 valence electrons. The predicted molar refractivity (Wildman–Crippen MR) is 70.7 cm³/mol. The summed E-state index contributed by atoms with van der Waals surface area (Å²) in [4.78, 5) is 19.4. The molecule has 0 saturated carbocycles. The summed E-state index contributed by atoms with van der Waals surface area (Å²) in [5, 5.41) is 2.67. The summed E-state index contributed by atoms with van der Waals surface area (Å²) in [6.45, 7) is 0.760. The fourth-order valence-corrected chi connectivity index (χ4v) is 1.43. The lowest BCUT2D eigenvalue weighted by molar-refractivity contribution is 0.0941. The number of nitrogens with zero attached hydrogens (tertiary/aromatic N) is 2. The molecule has 0 bridgehead atoms. The van der Waals surface area contributed by atoms with Crippen LogP contribution >= 0.6 is 0 Å². The number of benzene rings is 1. The van der Waals surface area contributed by atoms with Crippen molar-refractivity contribution in [1.29, 1.82) is 0 Å². The molecule has 1 heterocycles. The van der Waals surface area contributed by atoms with Crippen molar-refractivity contribution in [3.8, 4) is 5.75 Å². The number of nitrogen functional groups attached to an aromatic ring is 1. The molecular weight excluding hydrogens is 244 g/mol. The Labute approximate surface area is 110 Å². The van der Waals surface area contributed by atoms with Crippen molar-refractivity contribution >= 4 is 11.7 Å². The van der Waals surface area contributed by atoms with E-state index in [1.807, 2.05) is 30.3 Å². The van der Waals surface area contributed by atoms with E-state index in [0.717, 1.165) is 5.75 Å². The van der Waals surface area contributed by atoms with Gasteiger partial charge in [-0.1, -0.05) is 18.2 Å². The van der Waals surface area contributed by atoms with E-state index < -0.39 is 0 Å². The molecule has 0 unspecified atom stereocenters. The minimum atomic E-state index is -0.323. The first-order chi connectivity index (χ1) is 9.25. The van der Waals surface area contributed by atoms with Crippen molar-refractivity contribution in [1.82, 2.24) is 15.3 Å². The van der Waals surface area contributed by atoms with Crippen molar-refractivity contribution in [2.75, 3.05) is 18.9 Å². The third kappa shape index (κ3) is 3.95. The van der Waals surface area contributed by atoms with Gasteiger partial charge in [0.2, 0.25) is 0 Å². The zero-order valence-corrected chi connectivity index (χ0v) is 10.2. The van der Waals surface area contributed by atoms with Crippen LogP contribution in [0, 0.1) is 0 Å². The highest BCUT2D eigenvalue weighted by Crippen LogP contribution is 2.07. The molecule has 0 aliphatic rings. The molecule has 0 saturated heterocycles. The van der Waals surface area contributed by atoms with Crippen LogP contribution in [0.5, 0.6) is 5.75 Å². The van der Waals surface area contributed by atoms with E-state index >= 15 is 0 Å². The summed E-state index contributed by atoms with van der Waals surface area (Å²) in [7, 11) is 0. The first-order valence-electron chi connectivity index (χ1n) is 5.79. The van der Waals surface area contributed by atoms with Crippen LogP contribution in [0.15, 0.2) is 42.7 Å². The Morgan fingerprint density at radius 3 is 2.79 bits per heavy atom. The largest absolute Gasteiger partial charge is 0.492 e. The number of aromatic nitrogens is 2. The van der Waals surface area contributed by atoms with Gasteiger partial charge >= 0.3 is 0 Å². The summed E-state index contributed by atoms with van der Waals surface area (Å²) in [5.41, 5.74) is 5.64. The number of nitrogens with one attached hydrogen (secondary N) is 1. The molecule has 6 heteroatoms. The zero-order valence-electron chi connectivity index (χ0n) is 10.2. The number of amides is 1. The molecule has 2 aromatic rings. The Hall–Kier alpha value is -2.63. The van der Waals surface area contributed by atoms with Crippen molar-refractivity contribution < 1.29 is 9.53 Å². The molecule has 0 fully saturated rings. The fraction of sp³-hybridized carbons (Fsp3) is 0.154. The van der Waals surface area contributed by atoms with Crippen LogP contribution < -0.4 is 15.8 Å². The Morgan fingerprint density at radius 2 is 2.05 bits per heavy atom. The first kappa shape index (κ1) is 12.8. The lowest BCUT2D eigenvalue weighted by atomic mass is 10.3. The van der Waals surface area contributed by atoms with Crippen LogP contribution in [-0.2, 0) is 0 Å². The van der Waals surface area contributed by atoms with Gasteiger partial charge in [0.15, 0.2) is 0 Å². The van der Waals surface area contributed by atoms with Gasteiger partial charge in [-0.15, -0.1) is 0 Å². The van der Waals surface area contributed by atoms with Crippen LogP contribution in [0.25, 0.3) is 0 Å². The monoisotopic (exact) mass is 258 g/mol. The van der Waals surface area contributed by atoms with Gasteiger partial charge in [-0.25, -0.2) is 4.98 Å². The second-order valence-corrected chi connectivity index (χ2v) is 3.75. The number of hydrogen-bond acceptors (Lipinski definition) is 5.